The minimum atomic E-state index is -0.575. The molecule has 1 aromatic rings. The number of benzene rings is 1. The lowest BCUT2D eigenvalue weighted by Crippen LogP contribution is -2.54. The van der Waals surface area contributed by atoms with Crippen LogP contribution in [0.3, 0.4) is 0 Å². The lowest BCUT2D eigenvalue weighted by molar-refractivity contribution is 0.0223. The van der Waals surface area contributed by atoms with Crippen molar-refractivity contribution in [2.24, 2.45) is 0 Å². The molecule has 1 saturated heterocycles. The van der Waals surface area contributed by atoms with Gasteiger partial charge >= 0.3 is 6.09 Å². The molecule has 0 saturated carbocycles. The number of aliphatic hydroxyl groups is 1. The molecule has 0 aromatic heterocycles. The first-order chi connectivity index (χ1) is 10.1. The molecular weight excluding hydrogens is 268 g/mol. The van der Waals surface area contributed by atoms with Crippen LogP contribution in [-0.4, -0.2) is 47.9 Å². The van der Waals surface area contributed by atoms with Gasteiger partial charge in [0.1, 0.15) is 0 Å². The average molecular weight is 292 g/mol. The van der Waals surface area contributed by atoms with E-state index in [9.17, 15) is 9.90 Å². The van der Waals surface area contributed by atoms with Crippen LogP contribution in [-0.2, 0) is 4.74 Å². The summed E-state index contributed by atoms with van der Waals surface area (Å²) in [4.78, 5) is 13.7. The smallest absolute Gasteiger partial charge is 0.407 e. The van der Waals surface area contributed by atoms with Gasteiger partial charge in [-0.1, -0.05) is 30.3 Å². The van der Waals surface area contributed by atoms with Crippen LogP contribution in [0, 0.1) is 0 Å². The Balaban J connectivity index is 1.90. The molecule has 1 aromatic carbocycles. The Morgan fingerprint density at radius 3 is 2.81 bits per heavy atom. The van der Waals surface area contributed by atoms with Crippen molar-refractivity contribution in [3.05, 3.63) is 35.9 Å². The van der Waals surface area contributed by atoms with Gasteiger partial charge in [-0.05, 0) is 25.8 Å². The van der Waals surface area contributed by atoms with E-state index in [2.05, 4.69) is 29.3 Å². The molecule has 0 aliphatic carbocycles. The van der Waals surface area contributed by atoms with Crippen molar-refractivity contribution in [3.8, 4) is 0 Å². The minimum Gasteiger partial charge on any atom is -0.450 e. The number of nitrogens with one attached hydrogen (secondary N) is 1. The summed E-state index contributed by atoms with van der Waals surface area (Å²) < 4.78 is 4.86. The van der Waals surface area contributed by atoms with E-state index < -0.39 is 12.2 Å². The quantitative estimate of drug-likeness (QED) is 0.890. The molecule has 3 atom stereocenters. The molecule has 0 bridgehead atoms. The van der Waals surface area contributed by atoms with Crippen molar-refractivity contribution < 1.29 is 14.6 Å². The summed E-state index contributed by atoms with van der Waals surface area (Å²) in [6.07, 6.45) is -0.308. The van der Waals surface area contributed by atoms with E-state index in [1.165, 1.54) is 5.56 Å². The molecule has 1 heterocycles. The van der Waals surface area contributed by atoms with Crippen molar-refractivity contribution >= 4 is 6.09 Å². The Kier molecular flexibility index (Phi) is 5.59. The predicted molar refractivity (Wildman–Crippen MR) is 81.0 cm³/mol. The summed E-state index contributed by atoms with van der Waals surface area (Å²) >= 11 is 0. The molecule has 2 N–H and O–H groups in total. The van der Waals surface area contributed by atoms with Crippen LogP contribution in [0.5, 0.6) is 0 Å². The van der Waals surface area contributed by atoms with Crippen LogP contribution >= 0.6 is 0 Å². The molecule has 1 unspecified atom stereocenters. The number of β-amino-alcohol motifs (C(OH)–C–C–N with tert-alkyl or cyclic N) is 1. The number of nitrogens with zero attached hydrogens (tertiary/aromatic N) is 1. The number of aliphatic hydroxyl groups excluding tert-OH is 1. The fraction of sp³-hybridized carbons (Fsp3) is 0.562. The first kappa shape index (κ1) is 15.8. The standard InChI is InChI=1S/C16H24N2O3/c1-3-21-16(20)17-14-9-10-18(11-15(14)19)12(2)13-7-5-4-6-8-13/h4-8,12,14-15,19H,3,9-11H2,1-2H3,(H,17,20)/t12?,14-,15-/m1/s1. The van der Waals surface area contributed by atoms with Gasteiger partial charge in [0, 0.05) is 19.1 Å². The van der Waals surface area contributed by atoms with Crippen molar-refractivity contribution in [2.75, 3.05) is 19.7 Å². The van der Waals surface area contributed by atoms with E-state index in [1.807, 2.05) is 18.2 Å². The largest absolute Gasteiger partial charge is 0.450 e. The number of alkyl carbamates (subject to hydrolysis) is 1. The third-order valence-corrected chi connectivity index (χ3v) is 4.02. The van der Waals surface area contributed by atoms with Crippen molar-refractivity contribution in [1.82, 2.24) is 10.2 Å². The molecular formula is C16H24N2O3. The maximum absolute atomic E-state index is 11.4. The Hall–Kier alpha value is -1.59. The molecule has 5 nitrogen and oxygen atoms in total. The van der Waals surface area contributed by atoms with Crippen molar-refractivity contribution in [1.29, 1.82) is 0 Å². The topological polar surface area (TPSA) is 61.8 Å². The molecule has 2 rings (SSSR count). The SMILES string of the molecule is CCOC(=O)N[C@@H]1CCN(C(C)c2ccccc2)C[C@H]1O. The van der Waals surface area contributed by atoms with Gasteiger partial charge < -0.3 is 15.2 Å². The summed E-state index contributed by atoms with van der Waals surface area (Å²) in [5.41, 5.74) is 1.24. The lowest BCUT2D eigenvalue weighted by Gasteiger charge is -2.39. The number of likely N-dealkylation sites (tertiary alicyclic amines) is 1. The highest BCUT2D eigenvalue weighted by molar-refractivity contribution is 5.67. The van der Waals surface area contributed by atoms with Crippen LogP contribution in [0.15, 0.2) is 30.3 Å². The normalized spacial score (nSPS) is 24.3. The van der Waals surface area contributed by atoms with E-state index in [0.29, 0.717) is 13.2 Å². The van der Waals surface area contributed by atoms with Crippen molar-refractivity contribution in [3.63, 3.8) is 0 Å². The summed E-state index contributed by atoms with van der Waals surface area (Å²) in [6.45, 7) is 5.63. The minimum absolute atomic E-state index is 0.233. The number of rotatable bonds is 4. The van der Waals surface area contributed by atoms with Gasteiger partial charge in [0.15, 0.2) is 0 Å². The van der Waals surface area contributed by atoms with Crippen LogP contribution in [0.25, 0.3) is 0 Å². The number of carbonyl (C=O) groups excluding carboxylic acids is 1. The highest BCUT2D eigenvalue weighted by Crippen LogP contribution is 2.24. The molecule has 1 amide bonds. The monoisotopic (exact) mass is 292 g/mol. The molecule has 5 heteroatoms. The highest BCUT2D eigenvalue weighted by Gasteiger charge is 2.31. The molecule has 1 aliphatic heterocycles. The summed E-state index contributed by atoms with van der Waals surface area (Å²) in [5, 5.41) is 13.0. The van der Waals surface area contributed by atoms with E-state index in [-0.39, 0.29) is 12.1 Å². The first-order valence-electron chi connectivity index (χ1n) is 7.52. The van der Waals surface area contributed by atoms with Gasteiger partial charge in [-0.15, -0.1) is 0 Å². The van der Waals surface area contributed by atoms with E-state index in [4.69, 9.17) is 4.74 Å². The zero-order valence-electron chi connectivity index (χ0n) is 12.7. The van der Waals surface area contributed by atoms with Gasteiger partial charge in [0.2, 0.25) is 0 Å². The van der Waals surface area contributed by atoms with Gasteiger partial charge in [0.25, 0.3) is 0 Å². The number of piperidine rings is 1. The Morgan fingerprint density at radius 1 is 1.48 bits per heavy atom. The van der Waals surface area contributed by atoms with E-state index in [0.717, 1.165) is 13.0 Å². The Morgan fingerprint density at radius 2 is 2.19 bits per heavy atom. The summed E-state index contributed by atoms with van der Waals surface area (Å²) in [5.74, 6) is 0. The molecule has 1 aliphatic rings. The van der Waals surface area contributed by atoms with Gasteiger partial charge in [0.05, 0.1) is 18.8 Å². The van der Waals surface area contributed by atoms with Crippen LogP contribution in [0.2, 0.25) is 0 Å². The third-order valence-electron chi connectivity index (χ3n) is 4.02. The molecule has 21 heavy (non-hydrogen) atoms. The Bertz CT molecular complexity index is 452. The van der Waals surface area contributed by atoms with Crippen molar-refractivity contribution in [2.45, 2.75) is 38.5 Å². The van der Waals surface area contributed by atoms with Gasteiger partial charge in [-0.25, -0.2) is 4.79 Å². The molecule has 0 spiro atoms. The predicted octanol–water partition coefficient (Wildman–Crippen LogP) is 1.93. The van der Waals surface area contributed by atoms with E-state index >= 15 is 0 Å². The maximum Gasteiger partial charge on any atom is 0.407 e. The molecule has 1 fully saturated rings. The summed E-state index contributed by atoms with van der Waals surface area (Å²) in [6, 6.07) is 10.3. The Labute approximate surface area is 125 Å². The fourth-order valence-electron chi connectivity index (χ4n) is 2.74. The number of hydrogen-bond donors (Lipinski definition) is 2. The second kappa shape index (κ2) is 7.43. The second-order valence-corrected chi connectivity index (χ2v) is 5.41. The number of hydrogen-bond acceptors (Lipinski definition) is 4. The molecule has 0 radical (unpaired) electrons. The first-order valence-corrected chi connectivity index (χ1v) is 7.52. The van der Waals surface area contributed by atoms with Crippen LogP contribution in [0.4, 0.5) is 4.79 Å². The summed E-state index contributed by atoms with van der Waals surface area (Å²) in [7, 11) is 0. The van der Waals surface area contributed by atoms with Gasteiger partial charge in [-0.2, -0.15) is 0 Å². The highest BCUT2D eigenvalue weighted by atomic mass is 16.5. The van der Waals surface area contributed by atoms with Crippen LogP contribution < -0.4 is 5.32 Å². The van der Waals surface area contributed by atoms with Crippen LogP contribution in [0.1, 0.15) is 31.9 Å². The maximum atomic E-state index is 11.4. The van der Waals surface area contributed by atoms with Gasteiger partial charge in [-0.3, -0.25) is 4.90 Å². The molecule has 116 valence electrons. The zero-order chi connectivity index (χ0) is 15.2. The third kappa shape index (κ3) is 4.19. The fourth-order valence-corrected chi connectivity index (χ4v) is 2.74. The second-order valence-electron chi connectivity index (χ2n) is 5.41. The lowest BCUT2D eigenvalue weighted by atomic mass is 9.98. The number of amides is 1. The van der Waals surface area contributed by atoms with E-state index in [1.54, 1.807) is 6.92 Å². The number of ether oxygens (including phenoxy) is 1. The number of carbonyl (C=O) groups is 1. The zero-order valence-corrected chi connectivity index (χ0v) is 12.7. The average Bonchev–Trinajstić information content (AvgIpc) is 2.50.